The van der Waals surface area contributed by atoms with Crippen LogP contribution >= 0.6 is 0 Å². The van der Waals surface area contributed by atoms with Gasteiger partial charge in [0.2, 0.25) is 5.82 Å². The molecule has 1 unspecified atom stereocenters. The van der Waals surface area contributed by atoms with Gasteiger partial charge >= 0.3 is 0 Å². The van der Waals surface area contributed by atoms with Crippen LogP contribution in [0.15, 0.2) is 18.2 Å². The van der Waals surface area contributed by atoms with Crippen LogP contribution in [0.25, 0.3) is 0 Å². The summed E-state index contributed by atoms with van der Waals surface area (Å²) in [7, 11) is 2.22. The maximum absolute atomic E-state index is 12.3. The molecule has 0 aliphatic carbocycles. The molecule has 1 atom stereocenters. The lowest BCUT2D eigenvalue weighted by Gasteiger charge is -2.16. The van der Waals surface area contributed by atoms with Gasteiger partial charge in [0, 0.05) is 6.04 Å². The number of nitrogens with zero attached hydrogens (tertiary/aromatic N) is 1. The zero-order valence-corrected chi connectivity index (χ0v) is 9.87. The molecule has 3 aliphatic heterocycles. The Morgan fingerprint density at radius 2 is 2.12 bits per heavy atom. The number of hydrogen-bond donors (Lipinski definition) is 0. The minimum Gasteiger partial charge on any atom is -0.451 e. The lowest BCUT2D eigenvalue weighted by Crippen LogP contribution is -2.23. The molecule has 3 heteroatoms. The van der Waals surface area contributed by atoms with E-state index in [0.29, 0.717) is 11.5 Å². The van der Waals surface area contributed by atoms with Crippen molar-refractivity contribution in [1.29, 1.82) is 0 Å². The van der Waals surface area contributed by atoms with E-state index in [9.17, 15) is 4.39 Å². The zero-order chi connectivity index (χ0) is 11.5. The van der Waals surface area contributed by atoms with Crippen molar-refractivity contribution < 1.29 is 9.13 Å². The minimum absolute atomic E-state index is 0.215. The first kappa shape index (κ1) is 11.4. The largest absolute Gasteiger partial charge is 0.451 e. The SMILES string of the molecule is CCC1CCCN1C.Fc1c2cccc1O2. The van der Waals surface area contributed by atoms with Crippen LogP contribution in [0, 0.1) is 5.82 Å². The summed E-state index contributed by atoms with van der Waals surface area (Å²) < 4.78 is 17.0. The first-order chi connectivity index (χ1) is 7.72. The summed E-state index contributed by atoms with van der Waals surface area (Å²) in [4.78, 5) is 2.46. The monoisotopic (exact) mass is 223 g/mol. The minimum atomic E-state index is -0.215. The van der Waals surface area contributed by atoms with Crippen molar-refractivity contribution in [3.63, 3.8) is 0 Å². The number of rotatable bonds is 1. The maximum atomic E-state index is 12.3. The normalized spacial score (nSPS) is 21.8. The van der Waals surface area contributed by atoms with Gasteiger partial charge in [-0.05, 0) is 45.0 Å². The van der Waals surface area contributed by atoms with Crippen LogP contribution in [0.3, 0.4) is 0 Å². The molecule has 0 aromatic heterocycles. The number of hydrogen-bond acceptors (Lipinski definition) is 2. The summed E-state index contributed by atoms with van der Waals surface area (Å²) in [6.45, 7) is 3.59. The molecule has 2 nitrogen and oxygen atoms in total. The Morgan fingerprint density at radius 1 is 1.44 bits per heavy atom. The molecule has 16 heavy (non-hydrogen) atoms. The van der Waals surface area contributed by atoms with Crippen LogP contribution in [-0.4, -0.2) is 24.5 Å². The Balaban J connectivity index is 0.000000120. The Hall–Kier alpha value is -1.09. The van der Waals surface area contributed by atoms with Crippen molar-refractivity contribution in [1.82, 2.24) is 4.90 Å². The standard InChI is InChI=1S/C7H15N.C6H3FO/c1-3-7-5-4-6-8(7)2;7-6-4-2-1-3-5(6)8-4/h7H,3-6H2,1-2H3;1-3H. The third-order valence-corrected chi connectivity index (χ3v) is 3.29. The summed E-state index contributed by atoms with van der Waals surface area (Å²) in [5.74, 6) is 0.512. The van der Waals surface area contributed by atoms with Gasteiger partial charge in [-0.25, -0.2) is 0 Å². The van der Waals surface area contributed by atoms with Gasteiger partial charge in [-0.15, -0.1) is 0 Å². The van der Waals surface area contributed by atoms with E-state index in [0.717, 1.165) is 6.04 Å². The Morgan fingerprint density at radius 3 is 2.38 bits per heavy atom. The molecule has 4 rings (SSSR count). The summed E-state index contributed by atoms with van der Waals surface area (Å²) >= 11 is 0. The molecule has 0 amide bonds. The topological polar surface area (TPSA) is 12.5 Å². The molecule has 0 spiro atoms. The highest BCUT2D eigenvalue weighted by molar-refractivity contribution is 5.46. The van der Waals surface area contributed by atoms with Gasteiger partial charge in [0.15, 0.2) is 11.5 Å². The van der Waals surface area contributed by atoms with E-state index < -0.39 is 0 Å². The molecule has 1 aromatic rings. The Bertz CT molecular complexity index is 347. The zero-order valence-electron chi connectivity index (χ0n) is 9.87. The van der Waals surface area contributed by atoms with Gasteiger partial charge in [-0.3, -0.25) is 0 Å². The van der Waals surface area contributed by atoms with Gasteiger partial charge in [0.05, 0.1) is 0 Å². The highest BCUT2D eigenvalue weighted by atomic mass is 19.1. The molecule has 0 radical (unpaired) electrons. The van der Waals surface area contributed by atoms with Crippen LogP contribution < -0.4 is 4.74 Å². The fourth-order valence-corrected chi connectivity index (χ4v) is 2.22. The smallest absolute Gasteiger partial charge is 0.208 e. The number of likely N-dealkylation sites (tertiary alicyclic amines) is 1. The molecular weight excluding hydrogens is 205 g/mol. The summed E-state index contributed by atoms with van der Waals surface area (Å²) in [6, 6.07) is 5.86. The van der Waals surface area contributed by atoms with E-state index in [1.54, 1.807) is 18.2 Å². The summed E-state index contributed by atoms with van der Waals surface area (Å²) in [5, 5.41) is 0. The van der Waals surface area contributed by atoms with Crippen molar-refractivity contribution in [3.05, 3.63) is 24.0 Å². The molecule has 1 saturated heterocycles. The van der Waals surface area contributed by atoms with Crippen LogP contribution in [0.5, 0.6) is 11.5 Å². The number of benzene rings is 1. The summed E-state index contributed by atoms with van der Waals surface area (Å²) in [5.41, 5.74) is 0. The van der Waals surface area contributed by atoms with Crippen molar-refractivity contribution >= 4 is 0 Å². The molecule has 1 aromatic carbocycles. The molecule has 2 bridgehead atoms. The second-order valence-electron chi connectivity index (χ2n) is 4.36. The lowest BCUT2D eigenvalue weighted by atomic mass is 10.2. The molecule has 0 saturated carbocycles. The quantitative estimate of drug-likeness (QED) is 0.734. The van der Waals surface area contributed by atoms with Crippen LogP contribution in [0.1, 0.15) is 26.2 Å². The lowest BCUT2D eigenvalue weighted by molar-refractivity contribution is 0.304. The van der Waals surface area contributed by atoms with Gasteiger partial charge in [0.1, 0.15) is 0 Å². The second-order valence-corrected chi connectivity index (χ2v) is 4.36. The van der Waals surface area contributed by atoms with Crippen molar-refractivity contribution in [3.8, 4) is 11.5 Å². The molecule has 0 N–H and O–H groups in total. The highest BCUT2D eigenvalue weighted by Crippen LogP contribution is 2.39. The van der Waals surface area contributed by atoms with E-state index in [-0.39, 0.29) is 5.82 Å². The number of halogens is 1. The predicted octanol–water partition coefficient (Wildman–Crippen LogP) is 3.42. The van der Waals surface area contributed by atoms with E-state index in [2.05, 4.69) is 18.9 Å². The van der Waals surface area contributed by atoms with Crippen LogP contribution in [0.4, 0.5) is 4.39 Å². The van der Waals surface area contributed by atoms with Gasteiger partial charge in [0.25, 0.3) is 0 Å². The molecular formula is C13H18FNO. The molecule has 3 aliphatic rings. The Labute approximate surface area is 96.0 Å². The van der Waals surface area contributed by atoms with E-state index in [4.69, 9.17) is 4.74 Å². The van der Waals surface area contributed by atoms with Crippen molar-refractivity contribution in [2.45, 2.75) is 32.2 Å². The van der Waals surface area contributed by atoms with Gasteiger partial charge in [-0.2, -0.15) is 4.39 Å². The fourth-order valence-electron chi connectivity index (χ4n) is 2.22. The highest BCUT2D eigenvalue weighted by Gasteiger charge is 2.20. The van der Waals surface area contributed by atoms with Gasteiger partial charge in [-0.1, -0.05) is 13.0 Å². The average molecular weight is 223 g/mol. The number of fused-ring (bicyclic) bond motifs is 2. The first-order valence-corrected chi connectivity index (χ1v) is 5.89. The second kappa shape index (κ2) is 4.83. The summed E-state index contributed by atoms with van der Waals surface area (Å²) in [6.07, 6.45) is 4.17. The molecule has 88 valence electrons. The third-order valence-electron chi connectivity index (χ3n) is 3.29. The van der Waals surface area contributed by atoms with Crippen molar-refractivity contribution in [2.24, 2.45) is 0 Å². The fraction of sp³-hybridized carbons (Fsp3) is 0.538. The average Bonchev–Trinajstić information content (AvgIpc) is 2.75. The van der Waals surface area contributed by atoms with Crippen molar-refractivity contribution in [2.75, 3.05) is 13.6 Å². The Kier molecular flexibility index (Phi) is 3.44. The maximum Gasteiger partial charge on any atom is 0.208 e. The molecule has 1 fully saturated rings. The molecule has 3 heterocycles. The predicted molar refractivity (Wildman–Crippen MR) is 62.4 cm³/mol. The number of ether oxygens (including phenoxy) is 1. The van der Waals surface area contributed by atoms with E-state index >= 15 is 0 Å². The van der Waals surface area contributed by atoms with Gasteiger partial charge < -0.3 is 9.64 Å². The van der Waals surface area contributed by atoms with Crippen LogP contribution in [0.2, 0.25) is 0 Å². The van der Waals surface area contributed by atoms with E-state index in [1.807, 2.05) is 0 Å². The van der Waals surface area contributed by atoms with Crippen LogP contribution in [-0.2, 0) is 0 Å². The third kappa shape index (κ3) is 2.19. The first-order valence-electron chi connectivity index (χ1n) is 5.89. The van der Waals surface area contributed by atoms with E-state index in [1.165, 1.54) is 25.8 Å².